The molecule has 0 saturated heterocycles. The lowest BCUT2D eigenvalue weighted by atomic mass is 10.2. The summed E-state index contributed by atoms with van der Waals surface area (Å²) in [7, 11) is -5.72. The van der Waals surface area contributed by atoms with Crippen LogP contribution >= 0.6 is 0 Å². The van der Waals surface area contributed by atoms with Gasteiger partial charge in [-0.3, -0.25) is 0 Å². The summed E-state index contributed by atoms with van der Waals surface area (Å²) in [5, 5.41) is 0. The average Bonchev–Trinajstić information content (AvgIpc) is 2.54. The predicted octanol–water partition coefficient (Wildman–Crippen LogP) is 2.05. The van der Waals surface area contributed by atoms with Crippen LogP contribution in [0, 0.1) is 0 Å². The van der Waals surface area contributed by atoms with Crippen LogP contribution < -0.4 is 4.74 Å². The van der Waals surface area contributed by atoms with Crippen molar-refractivity contribution in [2.24, 2.45) is 0 Å². The maximum atomic E-state index is 12.3. The molecular weight excluding hydrogens is 352 g/mol. The second-order valence-corrected chi connectivity index (χ2v) is 9.09. The highest BCUT2D eigenvalue weighted by molar-refractivity contribution is 7.91. The highest BCUT2D eigenvalue weighted by atomic mass is 32.2. The van der Waals surface area contributed by atoms with Crippen molar-refractivity contribution in [3.63, 3.8) is 0 Å². The van der Waals surface area contributed by atoms with Crippen molar-refractivity contribution in [2.75, 3.05) is 19.3 Å². The van der Waals surface area contributed by atoms with Gasteiger partial charge in [0.25, 0.3) is 0 Å². The maximum Gasteiger partial charge on any atom is 0.202 e. The Morgan fingerprint density at radius 1 is 0.917 bits per heavy atom. The fourth-order valence-electron chi connectivity index (χ4n) is 2.05. The SMILES string of the molecule is COc1ccccc1COCS(=O)(=O)c1cccc(S(C)(=O)=O)c1. The molecule has 130 valence electrons. The number of hydrogen-bond donors (Lipinski definition) is 0. The molecule has 0 spiro atoms. The molecule has 2 rings (SSSR count). The van der Waals surface area contributed by atoms with Crippen molar-refractivity contribution in [3.8, 4) is 5.75 Å². The molecular formula is C16H18O6S2. The smallest absolute Gasteiger partial charge is 0.202 e. The van der Waals surface area contributed by atoms with E-state index in [0.717, 1.165) is 17.9 Å². The van der Waals surface area contributed by atoms with E-state index in [1.54, 1.807) is 24.3 Å². The zero-order valence-corrected chi connectivity index (χ0v) is 14.9. The summed E-state index contributed by atoms with van der Waals surface area (Å²) in [6, 6.07) is 12.3. The normalized spacial score (nSPS) is 12.1. The van der Waals surface area contributed by atoms with E-state index in [1.165, 1.54) is 25.3 Å². The minimum Gasteiger partial charge on any atom is -0.496 e. The molecule has 0 aliphatic carbocycles. The van der Waals surface area contributed by atoms with Crippen molar-refractivity contribution in [1.29, 1.82) is 0 Å². The van der Waals surface area contributed by atoms with E-state index in [2.05, 4.69) is 0 Å². The van der Waals surface area contributed by atoms with Crippen LogP contribution in [0.5, 0.6) is 5.75 Å². The third kappa shape index (κ3) is 4.56. The molecule has 0 aliphatic heterocycles. The predicted molar refractivity (Wildman–Crippen MR) is 89.4 cm³/mol. The summed E-state index contributed by atoms with van der Waals surface area (Å²) >= 11 is 0. The van der Waals surface area contributed by atoms with Crippen LogP contribution in [0.25, 0.3) is 0 Å². The fraction of sp³-hybridized carbons (Fsp3) is 0.250. The van der Waals surface area contributed by atoms with Crippen molar-refractivity contribution in [2.45, 2.75) is 16.4 Å². The van der Waals surface area contributed by atoms with Gasteiger partial charge in [-0.2, -0.15) is 0 Å². The van der Waals surface area contributed by atoms with Crippen LogP contribution in [-0.4, -0.2) is 36.1 Å². The first-order chi connectivity index (χ1) is 11.2. The van der Waals surface area contributed by atoms with Gasteiger partial charge in [0.05, 0.1) is 23.5 Å². The Hall–Kier alpha value is -1.90. The lowest BCUT2D eigenvalue weighted by molar-refractivity contribution is 0.160. The largest absolute Gasteiger partial charge is 0.496 e. The zero-order valence-electron chi connectivity index (χ0n) is 13.3. The number of rotatable bonds is 7. The van der Waals surface area contributed by atoms with Gasteiger partial charge in [-0.25, -0.2) is 16.8 Å². The van der Waals surface area contributed by atoms with E-state index in [4.69, 9.17) is 9.47 Å². The number of sulfone groups is 2. The Morgan fingerprint density at radius 3 is 2.25 bits per heavy atom. The molecule has 0 fully saturated rings. The van der Waals surface area contributed by atoms with Gasteiger partial charge in [0.1, 0.15) is 5.75 Å². The second-order valence-electron chi connectivity index (χ2n) is 5.14. The van der Waals surface area contributed by atoms with Crippen molar-refractivity contribution < 1.29 is 26.3 Å². The Labute approximate surface area is 141 Å². The van der Waals surface area contributed by atoms with Gasteiger partial charge in [0.15, 0.2) is 15.8 Å². The van der Waals surface area contributed by atoms with Crippen LogP contribution in [0.4, 0.5) is 0 Å². The molecule has 24 heavy (non-hydrogen) atoms. The Morgan fingerprint density at radius 2 is 1.58 bits per heavy atom. The first-order valence-corrected chi connectivity index (χ1v) is 10.5. The highest BCUT2D eigenvalue weighted by Gasteiger charge is 2.18. The number of benzene rings is 2. The third-order valence-electron chi connectivity index (χ3n) is 3.28. The summed E-state index contributed by atoms with van der Waals surface area (Å²) in [4.78, 5) is -0.140. The standard InChI is InChI=1S/C16H18O6S2/c1-21-16-9-4-3-6-13(16)11-22-12-24(19,20)15-8-5-7-14(10-15)23(2,17)18/h3-10H,11-12H2,1-2H3. The van der Waals surface area contributed by atoms with E-state index < -0.39 is 25.6 Å². The van der Waals surface area contributed by atoms with Gasteiger partial charge < -0.3 is 9.47 Å². The summed E-state index contributed by atoms with van der Waals surface area (Å²) in [6.45, 7) is 0.0645. The lowest BCUT2D eigenvalue weighted by Gasteiger charge is -2.10. The molecule has 0 atom stereocenters. The molecule has 0 radical (unpaired) electrons. The third-order valence-corrected chi connectivity index (χ3v) is 5.84. The summed E-state index contributed by atoms with van der Waals surface area (Å²) in [5.74, 6) is 0.0483. The average molecular weight is 370 g/mol. The number of hydrogen-bond acceptors (Lipinski definition) is 6. The molecule has 0 aromatic heterocycles. The van der Waals surface area contributed by atoms with Gasteiger partial charge in [-0.05, 0) is 24.3 Å². The molecule has 6 nitrogen and oxygen atoms in total. The molecule has 0 heterocycles. The fourth-order valence-corrected chi connectivity index (χ4v) is 3.82. The van der Waals surface area contributed by atoms with Crippen LogP contribution in [-0.2, 0) is 31.0 Å². The Balaban J connectivity index is 2.12. The van der Waals surface area contributed by atoms with E-state index in [1.807, 2.05) is 0 Å². The van der Waals surface area contributed by atoms with E-state index in [9.17, 15) is 16.8 Å². The highest BCUT2D eigenvalue weighted by Crippen LogP contribution is 2.20. The van der Waals surface area contributed by atoms with Crippen LogP contribution in [0.15, 0.2) is 58.3 Å². The Bertz CT molecular complexity index is 917. The first-order valence-electron chi connectivity index (χ1n) is 6.96. The zero-order chi connectivity index (χ0) is 17.8. The number of methoxy groups -OCH3 is 1. The van der Waals surface area contributed by atoms with Crippen LogP contribution in [0.1, 0.15) is 5.56 Å². The Kier molecular flexibility index (Phi) is 5.63. The molecule has 0 unspecified atom stereocenters. The topological polar surface area (TPSA) is 86.7 Å². The van der Waals surface area contributed by atoms with Crippen molar-refractivity contribution in [1.82, 2.24) is 0 Å². The molecule has 0 bridgehead atoms. The van der Waals surface area contributed by atoms with E-state index in [0.29, 0.717) is 5.75 Å². The molecule has 0 N–H and O–H groups in total. The molecule has 2 aromatic rings. The monoisotopic (exact) mass is 370 g/mol. The van der Waals surface area contributed by atoms with Crippen LogP contribution in [0.2, 0.25) is 0 Å². The maximum absolute atomic E-state index is 12.3. The molecule has 0 amide bonds. The lowest BCUT2D eigenvalue weighted by Crippen LogP contribution is -2.11. The van der Waals surface area contributed by atoms with Gasteiger partial charge in [-0.15, -0.1) is 0 Å². The number of ether oxygens (including phenoxy) is 2. The summed E-state index contributed by atoms with van der Waals surface area (Å²) in [6.07, 6.45) is 1.02. The summed E-state index contributed by atoms with van der Waals surface area (Å²) in [5.41, 5.74) is 0.722. The summed E-state index contributed by atoms with van der Waals surface area (Å²) < 4.78 is 58.2. The van der Waals surface area contributed by atoms with E-state index >= 15 is 0 Å². The van der Waals surface area contributed by atoms with Gasteiger partial charge >= 0.3 is 0 Å². The van der Waals surface area contributed by atoms with Gasteiger partial charge in [0, 0.05) is 11.8 Å². The quantitative estimate of drug-likeness (QED) is 0.741. The van der Waals surface area contributed by atoms with Crippen molar-refractivity contribution in [3.05, 3.63) is 54.1 Å². The molecule has 0 saturated carbocycles. The van der Waals surface area contributed by atoms with Crippen molar-refractivity contribution >= 4 is 19.7 Å². The minimum atomic E-state index is -3.76. The van der Waals surface area contributed by atoms with E-state index in [-0.39, 0.29) is 16.4 Å². The van der Waals surface area contributed by atoms with Gasteiger partial charge in [0.2, 0.25) is 9.84 Å². The molecule has 0 aliphatic rings. The van der Waals surface area contributed by atoms with Gasteiger partial charge in [-0.1, -0.05) is 24.3 Å². The second kappa shape index (κ2) is 7.33. The molecule has 2 aromatic carbocycles. The first kappa shape index (κ1) is 18.4. The molecule has 8 heteroatoms. The minimum absolute atomic E-state index is 0.0479. The number of para-hydroxylation sites is 1. The van der Waals surface area contributed by atoms with Crippen LogP contribution in [0.3, 0.4) is 0 Å².